The number of fused-ring (bicyclic) bond motifs is 1. The molecule has 1 spiro atoms. The van der Waals surface area contributed by atoms with Crippen molar-refractivity contribution in [1.82, 2.24) is 18.7 Å². The Hall–Kier alpha value is -3.53. The van der Waals surface area contributed by atoms with Crippen molar-refractivity contribution in [2.75, 3.05) is 49.3 Å². The van der Waals surface area contributed by atoms with Gasteiger partial charge in [-0.05, 0) is 73.9 Å². The first-order valence-corrected chi connectivity index (χ1v) is 16.8. The number of aromatic nitrogens is 3. The zero-order chi connectivity index (χ0) is 29.8. The van der Waals surface area contributed by atoms with Crippen molar-refractivity contribution in [3.05, 3.63) is 58.5 Å². The van der Waals surface area contributed by atoms with Gasteiger partial charge in [-0.15, -0.1) is 0 Å². The molecule has 0 amide bonds. The number of pyridine rings is 1. The maximum absolute atomic E-state index is 13.5. The number of thiazole rings is 1. The summed E-state index contributed by atoms with van der Waals surface area (Å²) < 4.78 is 41.5. The van der Waals surface area contributed by atoms with Gasteiger partial charge in [-0.25, -0.2) is 27.1 Å². The van der Waals surface area contributed by atoms with Crippen LogP contribution in [0.1, 0.15) is 42.3 Å². The Bertz CT molecular complexity index is 1800. The van der Waals surface area contributed by atoms with Crippen LogP contribution < -0.4 is 9.80 Å². The van der Waals surface area contributed by atoms with Crippen molar-refractivity contribution >= 4 is 43.6 Å². The molecule has 0 atom stereocenters. The molecule has 4 aromatic rings. The first-order valence-electron chi connectivity index (χ1n) is 14.1. The van der Waals surface area contributed by atoms with E-state index in [4.69, 9.17) is 9.97 Å². The van der Waals surface area contributed by atoms with Gasteiger partial charge in [0, 0.05) is 45.0 Å². The van der Waals surface area contributed by atoms with Crippen LogP contribution in [0.4, 0.5) is 21.0 Å². The fourth-order valence-electron chi connectivity index (χ4n) is 6.34. The molecule has 12 heteroatoms. The van der Waals surface area contributed by atoms with Gasteiger partial charge >= 0.3 is 0 Å². The van der Waals surface area contributed by atoms with Gasteiger partial charge in [0.15, 0.2) is 5.13 Å². The number of nitrogens with zero attached hydrogens (tertiary/aromatic N) is 7. The summed E-state index contributed by atoms with van der Waals surface area (Å²) in [6.07, 6.45) is 6.99. The average Bonchev–Trinajstić information content (AvgIpc) is 3.69. The van der Waals surface area contributed by atoms with Crippen molar-refractivity contribution in [3.8, 4) is 17.3 Å². The molecule has 0 saturated carbocycles. The summed E-state index contributed by atoms with van der Waals surface area (Å²) in [6, 6.07) is 10.5. The number of aryl methyl sites for hydroxylation is 2. The van der Waals surface area contributed by atoms with Crippen LogP contribution in [0.25, 0.3) is 16.9 Å². The number of rotatable bonds is 6. The van der Waals surface area contributed by atoms with E-state index in [2.05, 4.69) is 41.5 Å². The second kappa shape index (κ2) is 10.6. The van der Waals surface area contributed by atoms with E-state index in [1.807, 2.05) is 11.9 Å². The number of anilines is 3. The lowest BCUT2D eigenvalue weighted by Crippen LogP contribution is -2.42. The molecule has 9 nitrogen and oxygen atoms in total. The van der Waals surface area contributed by atoms with Crippen molar-refractivity contribution in [2.45, 2.75) is 39.5 Å². The summed E-state index contributed by atoms with van der Waals surface area (Å²) in [5.41, 5.74) is 5.26. The minimum atomic E-state index is -3.16. The Morgan fingerprint density at radius 3 is 2.45 bits per heavy atom. The Labute approximate surface area is 249 Å². The lowest BCUT2D eigenvalue weighted by Gasteiger charge is -2.40. The second-order valence-electron chi connectivity index (χ2n) is 11.5. The van der Waals surface area contributed by atoms with Crippen LogP contribution in [0.3, 0.4) is 0 Å². The Morgan fingerprint density at radius 1 is 1.14 bits per heavy atom. The fourth-order valence-corrected chi connectivity index (χ4v) is 8.12. The SMILES string of the molecule is CCc1nc2c(C)cc(N3CCC4(CC3)CCN(S(C)(=O)=O)C4)cn2c1N(C)c1nc(-c2ccc(F)cc2)c(C#N)s1. The molecule has 0 aliphatic carbocycles. The maximum Gasteiger partial charge on any atom is 0.211 e. The predicted molar refractivity (Wildman–Crippen MR) is 165 cm³/mol. The lowest BCUT2D eigenvalue weighted by atomic mass is 9.78. The third kappa shape index (κ3) is 5.03. The molecule has 6 rings (SSSR count). The van der Waals surface area contributed by atoms with Crippen LogP contribution in [0.5, 0.6) is 0 Å². The normalized spacial score (nSPS) is 17.3. The molecule has 2 aliphatic heterocycles. The van der Waals surface area contributed by atoms with E-state index in [0.717, 1.165) is 67.2 Å². The molecule has 0 radical (unpaired) electrons. The summed E-state index contributed by atoms with van der Waals surface area (Å²) in [6.45, 7) is 7.11. The maximum atomic E-state index is 13.5. The van der Waals surface area contributed by atoms with Gasteiger partial charge in [-0.3, -0.25) is 4.40 Å². The van der Waals surface area contributed by atoms with E-state index in [1.54, 1.807) is 16.4 Å². The molecule has 0 unspecified atom stereocenters. The molecule has 220 valence electrons. The zero-order valence-electron chi connectivity index (χ0n) is 24.3. The smallest absolute Gasteiger partial charge is 0.211 e. The quantitative estimate of drug-likeness (QED) is 0.291. The molecule has 42 heavy (non-hydrogen) atoms. The van der Waals surface area contributed by atoms with Gasteiger partial charge in [-0.1, -0.05) is 18.3 Å². The molecule has 1 aromatic carbocycles. The minimum absolute atomic E-state index is 0.0556. The van der Waals surface area contributed by atoms with E-state index < -0.39 is 10.0 Å². The highest BCUT2D eigenvalue weighted by atomic mass is 32.2. The number of imidazole rings is 1. The van der Waals surface area contributed by atoms with Gasteiger partial charge in [-0.2, -0.15) is 5.26 Å². The largest absolute Gasteiger partial charge is 0.370 e. The van der Waals surface area contributed by atoms with Gasteiger partial charge in [0.25, 0.3) is 0 Å². The molecule has 2 fully saturated rings. The highest BCUT2D eigenvalue weighted by Gasteiger charge is 2.43. The molecular weight excluding hydrogens is 574 g/mol. The molecule has 5 heterocycles. The van der Waals surface area contributed by atoms with Crippen molar-refractivity contribution in [2.24, 2.45) is 5.41 Å². The highest BCUT2D eigenvalue weighted by molar-refractivity contribution is 7.88. The number of piperidine rings is 1. The lowest BCUT2D eigenvalue weighted by molar-refractivity contribution is 0.235. The molecule has 0 N–H and O–H groups in total. The standard InChI is InChI=1S/C30H34FN7O2S2/c1-5-24-28(35(3)29-34-26(25(17-32)41-29)21-6-8-22(31)9-7-21)38-18-23(16-20(2)27(38)33-24)36-13-10-30(11-14-36)12-15-37(19-30)42(4,39)40/h6-9,16,18H,5,10-15,19H2,1-4H3. The number of benzene rings is 1. The third-order valence-electron chi connectivity index (χ3n) is 8.77. The van der Waals surface area contributed by atoms with Crippen LogP contribution in [-0.4, -0.2) is 66.6 Å². The number of halogens is 1. The highest BCUT2D eigenvalue weighted by Crippen LogP contribution is 2.43. The summed E-state index contributed by atoms with van der Waals surface area (Å²) in [5, 5.41) is 10.5. The van der Waals surface area contributed by atoms with E-state index in [9.17, 15) is 18.1 Å². The van der Waals surface area contributed by atoms with Gasteiger partial charge < -0.3 is 9.80 Å². The molecule has 2 aliphatic rings. The Morgan fingerprint density at radius 2 is 1.83 bits per heavy atom. The van der Waals surface area contributed by atoms with Gasteiger partial charge in [0.2, 0.25) is 10.0 Å². The van der Waals surface area contributed by atoms with E-state index in [-0.39, 0.29) is 11.2 Å². The number of hydrogen-bond acceptors (Lipinski definition) is 8. The monoisotopic (exact) mass is 607 g/mol. The van der Waals surface area contributed by atoms with Crippen molar-refractivity contribution in [3.63, 3.8) is 0 Å². The van der Waals surface area contributed by atoms with Crippen LogP contribution in [0.15, 0.2) is 36.5 Å². The van der Waals surface area contributed by atoms with E-state index >= 15 is 0 Å². The first-order chi connectivity index (χ1) is 20.0. The minimum Gasteiger partial charge on any atom is -0.370 e. The zero-order valence-corrected chi connectivity index (χ0v) is 25.9. The summed E-state index contributed by atoms with van der Waals surface area (Å²) in [7, 11) is -1.22. The Kier molecular flexibility index (Phi) is 7.23. The van der Waals surface area contributed by atoms with Gasteiger partial charge in [0.1, 0.15) is 33.9 Å². The van der Waals surface area contributed by atoms with E-state index in [0.29, 0.717) is 34.4 Å². The van der Waals surface area contributed by atoms with Crippen LogP contribution in [-0.2, 0) is 16.4 Å². The summed E-state index contributed by atoms with van der Waals surface area (Å²) >= 11 is 1.30. The molecule has 3 aromatic heterocycles. The van der Waals surface area contributed by atoms with Crippen LogP contribution >= 0.6 is 11.3 Å². The second-order valence-corrected chi connectivity index (χ2v) is 14.5. The van der Waals surface area contributed by atoms with E-state index in [1.165, 1.54) is 29.7 Å². The van der Waals surface area contributed by atoms with Crippen molar-refractivity contribution < 1.29 is 12.8 Å². The molecule has 0 bridgehead atoms. The fraction of sp³-hybridized carbons (Fsp3) is 0.433. The molecular formula is C30H34FN7O2S2. The van der Waals surface area contributed by atoms with Crippen molar-refractivity contribution in [1.29, 1.82) is 5.26 Å². The van der Waals surface area contributed by atoms with Crippen LogP contribution in [0, 0.1) is 29.5 Å². The van der Waals surface area contributed by atoms with Gasteiger partial charge in [0.05, 0.1) is 17.6 Å². The first kappa shape index (κ1) is 28.6. The number of nitriles is 1. The Balaban J connectivity index is 1.32. The number of hydrogen-bond donors (Lipinski definition) is 0. The molecule has 2 saturated heterocycles. The summed E-state index contributed by atoms with van der Waals surface area (Å²) in [4.78, 5) is 14.6. The van der Waals surface area contributed by atoms with Crippen LogP contribution in [0.2, 0.25) is 0 Å². The summed E-state index contributed by atoms with van der Waals surface area (Å²) in [5.74, 6) is 0.562. The predicted octanol–water partition coefficient (Wildman–Crippen LogP) is 5.36. The third-order valence-corrected chi connectivity index (χ3v) is 11.1. The topological polar surface area (TPSA) is 97.8 Å². The number of sulfonamides is 1. The average molecular weight is 608 g/mol.